The molecule has 110 valence electrons. The first kappa shape index (κ1) is 15.0. The Kier molecular flexibility index (Phi) is 4.17. The third-order valence-corrected chi connectivity index (χ3v) is 3.47. The molecule has 2 rings (SSSR count). The van der Waals surface area contributed by atoms with E-state index in [2.05, 4.69) is 31.2 Å². The third kappa shape index (κ3) is 3.39. The highest BCUT2D eigenvalue weighted by molar-refractivity contribution is 9.10. The molecule has 0 spiro atoms. The summed E-state index contributed by atoms with van der Waals surface area (Å²) in [6.45, 7) is 7.19. The van der Waals surface area contributed by atoms with Crippen molar-refractivity contribution in [1.29, 1.82) is 0 Å². The number of anilines is 1. The average molecular weight is 343 g/mol. The van der Waals surface area contributed by atoms with Crippen LogP contribution in [0.4, 0.5) is 5.95 Å². The van der Waals surface area contributed by atoms with Crippen molar-refractivity contribution in [3.63, 3.8) is 0 Å². The number of ether oxygens (including phenoxy) is 1. The lowest BCUT2D eigenvalue weighted by Gasteiger charge is -2.39. The van der Waals surface area contributed by atoms with Crippen LogP contribution in [0.25, 0.3) is 0 Å². The number of hydrogen-bond donors (Lipinski definition) is 1. The van der Waals surface area contributed by atoms with Crippen LogP contribution in [0, 0.1) is 5.92 Å². The lowest BCUT2D eigenvalue weighted by atomic mass is 9.98. The molecule has 0 unspecified atom stereocenters. The fourth-order valence-corrected chi connectivity index (χ4v) is 2.27. The van der Waals surface area contributed by atoms with Crippen molar-refractivity contribution in [2.24, 2.45) is 5.92 Å². The molecule has 0 atom stereocenters. The Hall–Kier alpha value is -1.37. The zero-order valence-electron chi connectivity index (χ0n) is 12.1. The Balaban J connectivity index is 1.95. The number of hydrogen-bond acceptors (Lipinski definition) is 5. The Labute approximate surface area is 127 Å². The fraction of sp³-hybridized carbons (Fsp3) is 0.615. The molecule has 2 heterocycles. The number of nitrogens with one attached hydrogen (secondary N) is 1. The topological polar surface area (TPSA) is 67.3 Å². The molecule has 1 aliphatic heterocycles. The quantitative estimate of drug-likeness (QED) is 0.903. The first-order valence-corrected chi connectivity index (χ1v) is 7.23. The third-order valence-electron chi connectivity index (χ3n) is 2.93. The van der Waals surface area contributed by atoms with E-state index in [0.717, 1.165) is 0 Å². The SMILES string of the molecule is COc1nc(N2CC(C(=O)NC(C)(C)C)C2)ncc1Br. The smallest absolute Gasteiger partial charge is 0.232 e. The molecule has 0 aromatic carbocycles. The summed E-state index contributed by atoms with van der Waals surface area (Å²) in [5.41, 5.74) is -0.200. The summed E-state index contributed by atoms with van der Waals surface area (Å²) in [7, 11) is 1.56. The predicted molar refractivity (Wildman–Crippen MR) is 79.9 cm³/mol. The predicted octanol–water partition coefficient (Wildman–Crippen LogP) is 1.60. The summed E-state index contributed by atoms with van der Waals surface area (Å²) in [6.07, 6.45) is 1.66. The Morgan fingerprint density at radius 2 is 2.15 bits per heavy atom. The number of amides is 1. The van der Waals surface area contributed by atoms with Gasteiger partial charge < -0.3 is 15.0 Å². The minimum atomic E-state index is -0.200. The van der Waals surface area contributed by atoms with Gasteiger partial charge in [-0.1, -0.05) is 0 Å². The molecule has 0 saturated carbocycles. The average Bonchev–Trinajstić information content (AvgIpc) is 2.26. The lowest BCUT2D eigenvalue weighted by molar-refractivity contribution is -0.127. The second-order valence-corrected chi connectivity index (χ2v) is 6.72. The van der Waals surface area contributed by atoms with Crippen LogP contribution >= 0.6 is 15.9 Å². The first-order chi connectivity index (χ1) is 9.30. The Morgan fingerprint density at radius 3 is 2.70 bits per heavy atom. The van der Waals surface area contributed by atoms with Gasteiger partial charge in [0.05, 0.1) is 23.7 Å². The molecule has 1 aromatic rings. The summed E-state index contributed by atoms with van der Waals surface area (Å²) < 4.78 is 5.85. The Morgan fingerprint density at radius 1 is 1.50 bits per heavy atom. The maximum absolute atomic E-state index is 12.0. The molecular formula is C13H19BrN4O2. The molecule has 6 nitrogen and oxygen atoms in total. The molecule has 0 bridgehead atoms. The molecule has 1 amide bonds. The normalized spacial score (nSPS) is 15.8. The van der Waals surface area contributed by atoms with Crippen molar-refractivity contribution >= 4 is 27.8 Å². The number of aromatic nitrogens is 2. The van der Waals surface area contributed by atoms with E-state index in [1.807, 2.05) is 25.7 Å². The van der Waals surface area contributed by atoms with Crippen molar-refractivity contribution in [2.45, 2.75) is 26.3 Å². The number of rotatable bonds is 3. The van der Waals surface area contributed by atoms with Crippen LogP contribution in [0.5, 0.6) is 5.88 Å². The van der Waals surface area contributed by atoms with Crippen LogP contribution in [0.1, 0.15) is 20.8 Å². The van der Waals surface area contributed by atoms with Gasteiger partial charge in [-0.15, -0.1) is 0 Å². The minimum Gasteiger partial charge on any atom is -0.480 e. The van der Waals surface area contributed by atoms with E-state index >= 15 is 0 Å². The van der Waals surface area contributed by atoms with Crippen LogP contribution in [0.15, 0.2) is 10.7 Å². The van der Waals surface area contributed by atoms with Crippen LogP contribution in [0.3, 0.4) is 0 Å². The van der Waals surface area contributed by atoms with Gasteiger partial charge in [0, 0.05) is 18.6 Å². The molecule has 0 aliphatic carbocycles. The first-order valence-electron chi connectivity index (χ1n) is 6.43. The molecule has 1 aliphatic rings. The van der Waals surface area contributed by atoms with Gasteiger partial charge >= 0.3 is 0 Å². The van der Waals surface area contributed by atoms with Crippen LogP contribution in [-0.2, 0) is 4.79 Å². The van der Waals surface area contributed by atoms with Crippen molar-refractivity contribution in [3.8, 4) is 5.88 Å². The highest BCUT2D eigenvalue weighted by Gasteiger charge is 2.35. The molecule has 1 aromatic heterocycles. The van der Waals surface area contributed by atoms with Crippen LogP contribution in [0.2, 0.25) is 0 Å². The van der Waals surface area contributed by atoms with Crippen molar-refractivity contribution in [1.82, 2.24) is 15.3 Å². The molecule has 1 fully saturated rings. The van der Waals surface area contributed by atoms with E-state index in [9.17, 15) is 4.79 Å². The van der Waals surface area contributed by atoms with E-state index in [1.165, 1.54) is 0 Å². The van der Waals surface area contributed by atoms with Gasteiger partial charge in [0.2, 0.25) is 17.7 Å². The van der Waals surface area contributed by atoms with Gasteiger partial charge in [-0.2, -0.15) is 4.98 Å². The molecular weight excluding hydrogens is 324 g/mol. The molecule has 7 heteroatoms. The van der Waals surface area contributed by atoms with E-state index in [0.29, 0.717) is 29.4 Å². The number of carbonyl (C=O) groups is 1. The molecule has 20 heavy (non-hydrogen) atoms. The monoisotopic (exact) mass is 342 g/mol. The fourth-order valence-electron chi connectivity index (χ4n) is 1.92. The van der Waals surface area contributed by atoms with Gasteiger partial charge in [-0.3, -0.25) is 4.79 Å². The van der Waals surface area contributed by atoms with E-state index in [4.69, 9.17) is 4.74 Å². The van der Waals surface area contributed by atoms with Gasteiger partial charge in [0.15, 0.2) is 0 Å². The zero-order valence-corrected chi connectivity index (χ0v) is 13.7. The van der Waals surface area contributed by atoms with Gasteiger partial charge in [0.25, 0.3) is 0 Å². The van der Waals surface area contributed by atoms with Crippen molar-refractivity contribution in [2.75, 3.05) is 25.1 Å². The summed E-state index contributed by atoms with van der Waals surface area (Å²) >= 11 is 3.32. The van der Waals surface area contributed by atoms with Crippen LogP contribution < -0.4 is 15.0 Å². The maximum atomic E-state index is 12.0. The second kappa shape index (κ2) is 5.55. The summed E-state index contributed by atoms with van der Waals surface area (Å²) in [5.74, 6) is 1.16. The van der Waals surface area contributed by atoms with Gasteiger partial charge in [-0.05, 0) is 36.7 Å². The lowest BCUT2D eigenvalue weighted by Crippen LogP contribution is -2.57. The highest BCUT2D eigenvalue weighted by Crippen LogP contribution is 2.27. The summed E-state index contributed by atoms with van der Waals surface area (Å²) in [5, 5.41) is 2.99. The molecule has 0 radical (unpaired) electrons. The zero-order chi connectivity index (χ0) is 14.9. The summed E-state index contributed by atoms with van der Waals surface area (Å²) in [6, 6.07) is 0. The second-order valence-electron chi connectivity index (χ2n) is 5.87. The minimum absolute atomic E-state index is 0.00698. The number of halogens is 1. The van der Waals surface area contributed by atoms with E-state index < -0.39 is 0 Å². The van der Waals surface area contributed by atoms with E-state index in [-0.39, 0.29) is 17.4 Å². The maximum Gasteiger partial charge on any atom is 0.232 e. The summed E-state index contributed by atoms with van der Waals surface area (Å²) in [4.78, 5) is 22.5. The molecule has 1 N–H and O–H groups in total. The number of carbonyl (C=O) groups excluding carboxylic acids is 1. The largest absolute Gasteiger partial charge is 0.480 e. The van der Waals surface area contributed by atoms with Crippen molar-refractivity contribution in [3.05, 3.63) is 10.7 Å². The standard InChI is InChI=1S/C13H19BrN4O2/c1-13(2,3)17-10(19)8-6-18(7-8)12-15-5-9(14)11(16-12)20-4/h5,8H,6-7H2,1-4H3,(H,17,19). The van der Waals surface area contributed by atoms with Crippen LogP contribution in [-0.4, -0.2) is 41.6 Å². The van der Waals surface area contributed by atoms with Crippen molar-refractivity contribution < 1.29 is 9.53 Å². The Bertz CT molecular complexity index is 510. The van der Waals surface area contributed by atoms with Gasteiger partial charge in [-0.25, -0.2) is 4.98 Å². The van der Waals surface area contributed by atoms with E-state index in [1.54, 1.807) is 13.3 Å². The molecule has 1 saturated heterocycles. The number of methoxy groups -OCH3 is 1. The highest BCUT2D eigenvalue weighted by atomic mass is 79.9. The number of nitrogens with zero attached hydrogens (tertiary/aromatic N) is 3. The van der Waals surface area contributed by atoms with Gasteiger partial charge in [0.1, 0.15) is 0 Å².